The van der Waals surface area contributed by atoms with Gasteiger partial charge in [0.2, 0.25) is 11.8 Å². The Kier molecular flexibility index (Phi) is 12.8. The van der Waals surface area contributed by atoms with Crippen molar-refractivity contribution in [1.29, 1.82) is 0 Å². The Bertz CT molecular complexity index is 1300. The molecule has 9 N–H and O–H groups in total. The first kappa shape index (κ1) is 32.6. The highest BCUT2D eigenvalue weighted by Gasteiger charge is 2.25. The van der Waals surface area contributed by atoms with Gasteiger partial charge in [0, 0.05) is 25.0 Å². The maximum absolute atomic E-state index is 13.3. The number of carbonyl (C=O) groups is 3. The largest absolute Gasteiger partial charge is 0.351 e. The van der Waals surface area contributed by atoms with Crippen LogP contribution < -0.4 is 33.2 Å². The van der Waals surface area contributed by atoms with Crippen molar-refractivity contribution in [2.75, 3.05) is 51.6 Å². The van der Waals surface area contributed by atoms with Crippen LogP contribution in [0.5, 0.6) is 0 Å². The smallest absolute Gasteiger partial charge is 0.275 e. The molecule has 3 amide bonds. The molecule has 3 rings (SSSR count). The van der Waals surface area contributed by atoms with Crippen molar-refractivity contribution in [3.63, 3.8) is 0 Å². The number of fused-ring (bicyclic) bond motifs is 1. The van der Waals surface area contributed by atoms with Crippen LogP contribution in [0.4, 0.5) is 5.69 Å². The third kappa shape index (κ3) is 10.5. The highest BCUT2D eigenvalue weighted by Crippen LogP contribution is 2.17. The molecule has 11 heteroatoms. The van der Waals surface area contributed by atoms with Gasteiger partial charge < -0.3 is 37.6 Å². The minimum Gasteiger partial charge on any atom is -0.351 e. The second-order valence-electron chi connectivity index (χ2n) is 10.9. The van der Waals surface area contributed by atoms with E-state index in [1.165, 1.54) is 0 Å². The summed E-state index contributed by atoms with van der Waals surface area (Å²) in [5.41, 5.74) is 20.0. The summed E-state index contributed by atoms with van der Waals surface area (Å²) in [6.45, 7) is 2.93. The second kappa shape index (κ2) is 16.5. The highest BCUT2D eigenvalue weighted by atomic mass is 16.2. The SMILES string of the molecule is C[N+](CCN)(CCN)CC(=O)NCCC[C@H](N)C(=O)N[C@H](CCc1ccccc1)C(=O)Nc1cnc2ccccc2c1. The lowest BCUT2D eigenvalue weighted by atomic mass is 10.0. The van der Waals surface area contributed by atoms with E-state index >= 15 is 0 Å². The summed E-state index contributed by atoms with van der Waals surface area (Å²) in [5.74, 6) is -0.855. The molecule has 2 atom stereocenters. The lowest BCUT2D eigenvalue weighted by molar-refractivity contribution is -0.899. The lowest BCUT2D eigenvalue weighted by Crippen LogP contribution is -2.55. The van der Waals surface area contributed by atoms with Crippen LogP contribution >= 0.6 is 0 Å². The number of aromatic nitrogens is 1. The predicted octanol–water partition coefficient (Wildman–Crippen LogP) is 0.879. The maximum Gasteiger partial charge on any atom is 0.275 e. The van der Waals surface area contributed by atoms with Crippen molar-refractivity contribution in [3.05, 3.63) is 72.4 Å². The van der Waals surface area contributed by atoms with Crippen molar-refractivity contribution in [2.45, 2.75) is 37.8 Å². The molecule has 3 aromatic rings. The first-order valence-electron chi connectivity index (χ1n) is 14.5. The van der Waals surface area contributed by atoms with Gasteiger partial charge in [0.15, 0.2) is 6.54 Å². The van der Waals surface area contributed by atoms with Crippen LogP contribution in [-0.4, -0.2) is 85.6 Å². The van der Waals surface area contributed by atoms with Gasteiger partial charge in [-0.3, -0.25) is 19.4 Å². The first-order chi connectivity index (χ1) is 20.2. The Hall–Kier alpha value is -3.90. The van der Waals surface area contributed by atoms with Gasteiger partial charge in [0.1, 0.15) is 6.04 Å². The molecule has 2 aromatic carbocycles. The molecule has 0 saturated heterocycles. The molecule has 11 nitrogen and oxygen atoms in total. The van der Waals surface area contributed by atoms with Gasteiger partial charge in [0.25, 0.3) is 5.91 Å². The number of rotatable bonds is 17. The number of hydrogen-bond acceptors (Lipinski definition) is 7. The molecule has 0 aliphatic heterocycles. The van der Waals surface area contributed by atoms with E-state index in [9.17, 15) is 14.4 Å². The van der Waals surface area contributed by atoms with E-state index in [1.807, 2.05) is 67.7 Å². The Labute approximate surface area is 247 Å². The van der Waals surface area contributed by atoms with E-state index < -0.39 is 18.0 Å². The van der Waals surface area contributed by atoms with Crippen molar-refractivity contribution in [3.8, 4) is 0 Å². The zero-order valence-electron chi connectivity index (χ0n) is 24.4. The molecule has 1 aromatic heterocycles. The number of carbonyl (C=O) groups excluding carboxylic acids is 3. The minimum atomic E-state index is -0.827. The van der Waals surface area contributed by atoms with Gasteiger partial charge in [-0.2, -0.15) is 0 Å². The van der Waals surface area contributed by atoms with Gasteiger partial charge in [0.05, 0.1) is 43.6 Å². The van der Waals surface area contributed by atoms with Gasteiger partial charge in [-0.25, -0.2) is 0 Å². The molecule has 42 heavy (non-hydrogen) atoms. The standard InChI is InChI=1S/C31H44N8O3/c1-39(18-15-32,19-16-33)22-29(40)35-17-7-11-26(34)30(41)38-28(14-13-23-8-3-2-4-9-23)31(42)37-25-20-24-10-5-6-12-27(24)36-21-25/h2-6,8-10,12,20-21,26,28H,7,11,13-19,22,32-34H2,1H3,(H2-,35,37,38,40,41,42)/p+1/t26-,28+/m0/s1. The molecule has 0 fully saturated rings. The number of nitrogens with zero attached hydrogens (tertiary/aromatic N) is 2. The van der Waals surface area contributed by atoms with Crippen LogP contribution in [0.25, 0.3) is 10.9 Å². The minimum absolute atomic E-state index is 0.0988. The normalized spacial score (nSPS) is 12.9. The molecular formula is C31H45N8O3+. The second-order valence-corrected chi connectivity index (χ2v) is 10.9. The number of nitrogens with one attached hydrogen (secondary N) is 3. The summed E-state index contributed by atoms with van der Waals surface area (Å²) in [6, 6.07) is 17.6. The lowest BCUT2D eigenvalue weighted by Gasteiger charge is -2.33. The number of quaternary nitrogens is 1. The maximum atomic E-state index is 13.3. The molecule has 0 aliphatic carbocycles. The summed E-state index contributed by atoms with van der Waals surface area (Å²) in [7, 11) is 1.96. The van der Waals surface area contributed by atoms with Gasteiger partial charge in [-0.05, 0) is 43.4 Å². The molecule has 0 aliphatic rings. The topological polar surface area (TPSA) is 178 Å². The predicted molar refractivity (Wildman–Crippen MR) is 166 cm³/mol. The average molecular weight is 578 g/mol. The third-order valence-electron chi connectivity index (χ3n) is 7.27. The number of nitrogens with two attached hydrogens (primary N) is 3. The monoisotopic (exact) mass is 577 g/mol. The van der Waals surface area contributed by atoms with Crippen molar-refractivity contribution < 1.29 is 18.9 Å². The van der Waals surface area contributed by atoms with Gasteiger partial charge >= 0.3 is 0 Å². The van der Waals surface area contributed by atoms with Crippen LogP contribution in [0.15, 0.2) is 66.9 Å². The number of para-hydroxylation sites is 1. The molecule has 0 saturated carbocycles. The zero-order valence-corrected chi connectivity index (χ0v) is 24.4. The van der Waals surface area contributed by atoms with Crippen molar-refractivity contribution >= 4 is 34.3 Å². The number of anilines is 1. The van der Waals surface area contributed by atoms with E-state index in [-0.39, 0.29) is 18.4 Å². The number of hydrogen-bond donors (Lipinski definition) is 6. The fraction of sp³-hybridized carbons (Fsp3) is 0.419. The first-order valence-corrected chi connectivity index (χ1v) is 14.5. The Balaban J connectivity index is 1.54. The molecule has 0 unspecified atom stereocenters. The van der Waals surface area contributed by atoms with E-state index in [1.54, 1.807) is 6.20 Å². The van der Waals surface area contributed by atoms with E-state index in [2.05, 4.69) is 20.9 Å². The summed E-state index contributed by atoms with van der Waals surface area (Å²) in [6.07, 6.45) is 3.47. The van der Waals surface area contributed by atoms with Gasteiger partial charge in [-0.15, -0.1) is 0 Å². The average Bonchev–Trinajstić information content (AvgIpc) is 2.97. The molecule has 0 spiro atoms. The third-order valence-corrected chi connectivity index (χ3v) is 7.27. The molecule has 0 bridgehead atoms. The number of likely N-dealkylation sites (N-methyl/N-ethyl adjacent to an activating group) is 1. The van der Waals surface area contributed by atoms with Crippen LogP contribution in [0, 0.1) is 0 Å². The van der Waals surface area contributed by atoms with E-state index in [0.29, 0.717) is 68.6 Å². The quantitative estimate of drug-likeness (QED) is 0.102. The number of aryl methyl sites for hydroxylation is 1. The van der Waals surface area contributed by atoms with Crippen LogP contribution in [0.3, 0.4) is 0 Å². The number of pyridine rings is 1. The van der Waals surface area contributed by atoms with Crippen LogP contribution in [0.1, 0.15) is 24.8 Å². The highest BCUT2D eigenvalue weighted by molar-refractivity contribution is 5.98. The molecule has 0 radical (unpaired) electrons. The summed E-state index contributed by atoms with van der Waals surface area (Å²) >= 11 is 0. The zero-order chi connectivity index (χ0) is 30.4. The Morgan fingerprint density at radius 2 is 1.62 bits per heavy atom. The summed E-state index contributed by atoms with van der Waals surface area (Å²) in [5, 5.41) is 9.53. The van der Waals surface area contributed by atoms with Crippen molar-refractivity contribution in [1.82, 2.24) is 15.6 Å². The van der Waals surface area contributed by atoms with Crippen molar-refractivity contribution in [2.24, 2.45) is 17.2 Å². The van der Waals surface area contributed by atoms with E-state index in [4.69, 9.17) is 17.2 Å². The molecule has 1 heterocycles. The molecule has 226 valence electrons. The summed E-state index contributed by atoms with van der Waals surface area (Å²) < 4.78 is 0.475. The van der Waals surface area contributed by atoms with Crippen LogP contribution in [-0.2, 0) is 20.8 Å². The summed E-state index contributed by atoms with van der Waals surface area (Å²) in [4.78, 5) is 43.2. The Morgan fingerprint density at radius 1 is 0.929 bits per heavy atom. The fourth-order valence-electron chi connectivity index (χ4n) is 4.85. The van der Waals surface area contributed by atoms with Crippen LogP contribution in [0.2, 0.25) is 0 Å². The van der Waals surface area contributed by atoms with E-state index in [0.717, 1.165) is 16.5 Å². The number of benzene rings is 2. The number of amides is 3. The Morgan fingerprint density at radius 3 is 2.33 bits per heavy atom. The molecular weight excluding hydrogens is 532 g/mol. The fourth-order valence-corrected chi connectivity index (χ4v) is 4.85. The van der Waals surface area contributed by atoms with Gasteiger partial charge in [-0.1, -0.05) is 48.5 Å².